The third-order valence-electron chi connectivity index (χ3n) is 4.43. The van der Waals surface area contributed by atoms with Gasteiger partial charge >= 0.3 is 6.18 Å². The summed E-state index contributed by atoms with van der Waals surface area (Å²) in [6.45, 7) is 12.7. The van der Waals surface area contributed by atoms with Crippen LogP contribution in [0.1, 0.15) is 60.3 Å². The van der Waals surface area contributed by atoms with Crippen molar-refractivity contribution in [3.63, 3.8) is 0 Å². The Morgan fingerprint density at radius 2 is 1.45 bits per heavy atom. The SMILES string of the molecule is CCNC(CCC(F)(F)F)C(CC)(CC)N(CC)CC. The van der Waals surface area contributed by atoms with E-state index in [4.69, 9.17) is 0 Å². The van der Waals surface area contributed by atoms with Crippen LogP contribution in [0, 0.1) is 0 Å². The van der Waals surface area contributed by atoms with E-state index < -0.39 is 12.6 Å². The molecule has 0 aromatic heterocycles. The first kappa shape index (κ1) is 19.7. The maximum Gasteiger partial charge on any atom is 0.389 e. The predicted molar refractivity (Wildman–Crippen MR) is 79.0 cm³/mol. The van der Waals surface area contributed by atoms with E-state index in [0.29, 0.717) is 6.54 Å². The monoisotopic (exact) mass is 296 g/mol. The number of rotatable bonds is 10. The molecule has 0 aromatic rings. The van der Waals surface area contributed by atoms with Gasteiger partial charge in [-0.05, 0) is 38.9 Å². The van der Waals surface area contributed by atoms with Gasteiger partial charge in [0.05, 0.1) is 0 Å². The summed E-state index contributed by atoms with van der Waals surface area (Å²) >= 11 is 0. The lowest BCUT2D eigenvalue weighted by Gasteiger charge is -2.48. The zero-order valence-corrected chi connectivity index (χ0v) is 13.6. The zero-order valence-electron chi connectivity index (χ0n) is 13.6. The molecule has 0 heterocycles. The summed E-state index contributed by atoms with van der Waals surface area (Å²) in [6, 6.07) is -0.121. The van der Waals surface area contributed by atoms with Crippen LogP contribution in [0.15, 0.2) is 0 Å². The highest BCUT2D eigenvalue weighted by Gasteiger charge is 2.41. The van der Waals surface area contributed by atoms with Crippen molar-refractivity contribution in [2.45, 2.75) is 78.1 Å². The predicted octanol–water partition coefficient (Wildman–Crippen LogP) is 4.21. The molecule has 0 aromatic carbocycles. The molecule has 0 aliphatic rings. The van der Waals surface area contributed by atoms with E-state index in [1.807, 2.05) is 6.92 Å². The molecule has 0 spiro atoms. The van der Waals surface area contributed by atoms with E-state index in [0.717, 1.165) is 25.9 Å². The topological polar surface area (TPSA) is 15.3 Å². The Morgan fingerprint density at radius 3 is 1.75 bits per heavy atom. The number of hydrogen-bond donors (Lipinski definition) is 1. The van der Waals surface area contributed by atoms with Gasteiger partial charge in [-0.15, -0.1) is 0 Å². The highest BCUT2D eigenvalue weighted by molar-refractivity contribution is 4.98. The maximum atomic E-state index is 12.6. The summed E-state index contributed by atoms with van der Waals surface area (Å²) in [5, 5.41) is 3.31. The third kappa shape index (κ3) is 5.24. The summed E-state index contributed by atoms with van der Waals surface area (Å²) in [6.07, 6.45) is -2.92. The molecule has 2 nitrogen and oxygen atoms in total. The van der Waals surface area contributed by atoms with Crippen molar-refractivity contribution >= 4 is 0 Å². The van der Waals surface area contributed by atoms with Crippen LogP contribution in [0.3, 0.4) is 0 Å². The molecular weight excluding hydrogens is 265 g/mol. The number of hydrogen-bond acceptors (Lipinski definition) is 2. The van der Waals surface area contributed by atoms with Crippen LogP contribution in [0.5, 0.6) is 0 Å². The highest BCUT2D eigenvalue weighted by atomic mass is 19.4. The highest BCUT2D eigenvalue weighted by Crippen LogP contribution is 2.33. The molecule has 0 saturated heterocycles. The quantitative estimate of drug-likeness (QED) is 0.650. The van der Waals surface area contributed by atoms with E-state index in [1.54, 1.807) is 0 Å². The first-order valence-electron chi connectivity index (χ1n) is 7.86. The maximum absolute atomic E-state index is 12.6. The van der Waals surface area contributed by atoms with Gasteiger partial charge in [-0.2, -0.15) is 13.2 Å². The fraction of sp³-hybridized carbons (Fsp3) is 1.00. The van der Waals surface area contributed by atoms with Crippen molar-refractivity contribution < 1.29 is 13.2 Å². The van der Waals surface area contributed by atoms with Crippen LogP contribution in [-0.2, 0) is 0 Å². The van der Waals surface area contributed by atoms with E-state index in [2.05, 4.69) is 37.9 Å². The average molecular weight is 296 g/mol. The van der Waals surface area contributed by atoms with Gasteiger partial charge in [-0.25, -0.2) is 0 Å². The molecule has 0 radical (unpaired) electrons. The fourth-order valence-electron chi connectivity index (χ4n) is 3.38. The van der Waals surface area contributed by atoms with Gasteiger partial charge < -0.3 is 5.32 Å². The van der Waals surface area contributed by atoms with E-state index in [9.17, 15) is 13.2 Å². The summed E-state index contributed by atoms with van der Waals surface area (Å²) in [5.41, 5.74) is -0.190. The normalized spacial score (nSPS) is 14.8. The first-order valence-corrected chi connectivity index (χ1v) is 7.86. The van der Waals surface area contributed by atoms with Gasteiger partial charge in [-0.1, -0.05) is 34.6 Å². The van der Waals surface area contributed by atoms with Crippen LogP contribution in [0.2, 0.25) is 0 Å². The molecule has 0 rings (SSSR count). The van der Waals surface area contributed by atoms with Crippen molar-refractivity contribution in [3.05, 3.63) is 0 Å². The van der Waals surface area contributed by atoms with Crippen LogP contribution in [0.4, 0.5) is 13.2 Å². The van der Waals surface area contributed by atoms with Crippen molar-refractivity contribution in [1.82, 2.24) is 10.2 Å². The summed E-state index contributed by atoms with van der Waals surface area (Å²) < 4.78 is 37.7. The minimum Gasteiger partial charge on any atom is -0.312 e. The third-order valence-corrected chi connectivity index (χ3v) is 4.43. The smallest absolute Gasteiger partial charge is 0.312 e. The molecule has 1 unspecified atom stereocenters. The van der Waals surface area contributed by atoms with Crippen molar-refractivity contribution in [1.29, 1.82) is 0 Å². The number of halogens is 3. The second-order valence-corrected chi connectivity index (χ2v) is 5.25. The molecule has 1 atom stereocenters. The molecule has 5 heteroatoms. The van der Waals surface area contributed by atoms with E-state index in [-0.39, 0.29) is 18.0 Å². The Bertz CT molecular complexity index is 246. The lowest BCUT2D eigenvalue weighted by molar-refractivity contribution is -0.139. The molecule has 20 heavy (non-hydrogen) atoms. The van der Waals surface area contributed by atoms with Gasteiger partial charge in [-0.3, -0.25) is 4.90 Å². The Balaban J connectivity index is 5.20. The molecule has 1 N–H and O–H groups in total. The largest absolute Gasteiger partial charge is 0.389 e. The molecule has 0 amide bonds. The van der Waals surface area contributed by atoms with Crippen LogP contribution < -0.4 is 5.32 Å². The number of alkyl halides is 3. The second kappa shape index (κ2) is 8.88. The summed E-state index contributed by atoms with van der Waals surface area (Å²) in [7, 11) is 0. The molecule has 0 aliphatic carbocycles. The Morgan fingerprint density at radius 1 is 0.950 bits per heavy atom. The molecule has 0 aliphatic heterocycles. The minimum absolute atomic E-state index is 0.121. The lowest BCUT2D eigenvalue weighted by Crippen LogP contribution is -2.61. The minimum atomic E-state index is -4.08. The number of nitrogens with zero attached hydrogens (tertiary/aromatic N) is 1. The van der Waals surface area contributed by atoms with Crippen LogP contribution in [-0.4, -0.2) is 42.3 Å². The Kier molecular flexibility index (Phi) is 8.75. The number of nitrogens with one attached hydrogen (secondary N) is 1. The molecule has 122 valence electrons. The zero-order chi connectivity index (χ0) is 15.8. The van der Waals surface area contributed by atoms with Crippen molar-refractivity contribution in [2.75, 3.05) is 19.6 Å². The van der Waals surface area contributed by atoms with Crippen LogP contribution >= 0.6 is 0 Å². The summed E-state index contributed by atoms with van der Waals surface area (Å²) in [5.74, 6) is 0. The number of likely N-dealkylation sites (N-methyl/N-ethyl adjacent to an activating group) is 2. The summed E-state index contributed by atoms with van der Waals surface area (Å²) in [4.78, 5) is 2.32. The van der Waals surface area contributed by atoms with Gasteiger partial charge in [0.15, 0.2) is 0 Å². The van der Waals surface area contributed by atoms with Crippen molar-refractivity contribution in [3.8, 4) is 0 Å². The molecular formula is C15H31F3N2. The van der Waals surface area contributed by atoms with E-state index >= 15 is 0 Å². The molecule has 0 fully saturated rings. The standard InChI is InChI=1S/C15H31F3N2/c1-6-14(7-2,20(9-4)10-5)13(19-8-3)11-12-15(16,17)18/h13,19H,6-12H2,1-5H3. The first-order chi connectivity index (χ1) is 9.31. The Labute approximate surface area is 122 Å². The van der Waals surface area contributed by atoms with Gasteiger partial charge in [0.2, 0.25) is 0 Å². The molecule has 0 saturated carbocycles. The average Bonchev–Trinajstić information content (AvgIpc) is 2.40. The van der Waals surface area contributed by atoms with Gasteiger partial charge in [0.25, 0.3) is 0 Å². The Hall–Kier alpha value is -0.290. The van der Waals surface area contributed by atoms with Gasteiger partial charge in [0.1, 0.15) is 0 Å². The van der Waals surface area contributed by atoms with Crippen LogP contribution in [0.25, 0.3) is 0 Å². The second-order valence-electron chi connectivity index (χ2n) is 5.25. The van der Waals surface area contributed by atoms with Gasteiger partial charge in [0, 0.05) is 18.0 Å². The fourth-order valence-corrected chi connectivity index (χ4v) is 3.38. The van der Waals surface area contributed by atoms with Crippen molar-refractivity contribution in [2.24, 2.45) is 0 Å². The lowest BCUT2D eigenvalue weighted by atomic mass is 9.80. The molecule has 0 bridgehead atoms. The van der Waals surface area contributed by atoms with E-state index in [1.165, 1.54) is 0 Å².